The van der Waals surface area contributed by atoms with E-state index < -0.39 is 18.2 Å². The summed E-state index contributed by atoms with van der Waals surface area (Å²) in [4.78, 5) is 28.4. The molecule has 1 aliphatic carbocycles. The first-order chi connectivity index (χ1) is 17.3. The summed E-state index contributed by atoms with van der Waals surface area (Å²) in [7, 11) is 0. The second-order valence-corrected chi connectivity index (χ2v) is 10.4. The van der Waals surface area contributed by atoms with Crippen LogP contribution in [0.5, 0.6) is 5.75 Å². The van der Waals surface area contributed by atoms with E-state index in [1.54, 1.807) is 12.1 Å². The van der Waals surface area contributed by atoms with Crippen LogP contribution in [0.2, 0.25) is 0 Å². The number of benzene rings is 2. The second kappa shape index (κ2) is 9.95. The summed E-state index contributed by atoms with van der Waals surface area (Å²) in [6.07, 6.45) is -1.81. The zero-order valence-electron chi connectivity index (χ0n) is 21.1. The lowest BCUT2D eigenvalue weighted by Crippen LogP contribution is -2.40. The van der Waals surface area contributed by atoms with Crippen molar-refractivity contribution in [2.75, 3.05) is 5.32 Å². The molecule has 198 valence electrons. The average molecular weight is 518 g/mol. The summed E-state index contributed by atoms with van der Waals surface area (Å²) in [6, 6.07) is 10.7. The van der Waals surface area contributed by atoms with Gasteiger partial charge in [0.25, 0.3) is 5.91 Å². The molecule has 0 bridgehead atoms. The van der Waals surface area contributed by atoms with E-state index >= 15 is 0 Å². The van der Waals surface area contributed by atoms with Crippen molar-refractivity contribution < 1.29 is 27.5 Å². The number of alkyl halides is 3. The Morgan fingerprint density at radius 1 is 1.08 bits per heavy atom. The molecule has 3 N–H and O–H groups in total. The molecule has 0 radical (unpaired) electrons. The van der Waals surface area contributed by atoms with Gasteiger partial charge < -0.3 is 14.6 Å². The predicted molar refractivity (Wildman–Crippen MR) is 133 cm³/mol. The number of nitrogens with one attached hydrogen (secondary N) is 3. The van der Waals surface area contributed by atoms with Crippen LogP contribution >= 0.6 is 0 Å². The largest absolute Gasteiger partial charge is 0.573 e. The third-order valence-corrected chi connectivity index (χ3v) is 6.38. The number of nitrogens with zero attached hydrogens (tertiary/aromatic N) is 2. The highest BCUT2D eigenvalue weighted by Gasteiger charge is 2.35. The highest BCUT2D eigenvalue weighted by molar-refractivity contribution is 5.98. The van der Waals surface area contributed by atoms with E-state index in [9.17, 15) is 22.8 Å². The number of amides is 2. The van der Waals surface area contributed by atoms with Crippen molar-refractivity contribution >= 4 is 34.5 Å². The molecule has 1 saturated carbocycles. The second-order valence-electron chi connectivity index (χ2n) is 10.4. The number of halogens is 3. The lowest BCUT2D eigenvalue weighted by molar-refractivity contribution is -0.274. The van der Waals surface area contributed by atoms with Crippen molar-refractivity contribution in [3.8, 4) is 5.75 Å². The Morgan fingerprint density at radius 3 is 2.41 bits per heavy atom. The molecule has 3 aromatic rings. The standard InChI is InChI=1S/C26H30F3N5O3/c1-15-11-19(14-25(3,4)13-15)34-22-10-5-17(23(36)33-32-16(2)35)12-21(22)31-24(34)30-18-6-8-20(9-7-18)37-26(27,28)29/h5-10,12,15,19H,11,13-14H2,1-4H3,(H,30,31)(H,32,35)(H,33,36). The van der Waals surface area contributed by atoms with Gasteiger partial charge in [-0.2, -0.15) is 0 Å². The van der Waals surface area contributed by atoms with Gasteiger partial charge in [0.1, 0.15) is 5.75 Å². The number of carbonyl (C=O) groups is 2. The molecule has 4 rings (SSSR count). The number of carbonyl (C=O) groups excluding carboxylic acids is 2. The topological polar surface area (TPSA) is 97.3 Å². The SMILES string of the molecule is CC(=O)NNC(=O)c1ccc2c(c1)nc(Nc1ccc(OC(F)(F)F)cc1)n2C1CC(C)CC(C)(C)C1. The van der Waals surface area contributed by atoms with Crippen LogP contribution in [0.15, 0.2) is 42.5 Å². The Morgan fingerprint density at radius 2 is 1.78 bits per heavy atom. The van der Waals surface area contributed by atoms with Crippen molar-refractivity contribution in [3.05, 3.63) is 48.0 Å². The zero-order chi connectivity index (χ0) is 27.0. The highest BCUT2D eigenvalue weighted by Crippen LogP contribution is 2.46. The highest BCUT2D eigenvalue weighted by atomic mass is 19.4. The minimum absolute atomic E-state index is 0.116. The van der Waals surface area contributed by atoms with Crippen LogP contribution in [0.4, 0.5) is 24.8 Å². The third-order valence-electron chi connectivity index (χ3n) is 6.38. The van der Waals surface area contributed by atoms with Crippen molar-refractivity contribution in [2.45, 2.75) is 59.4 Å². The van der Waals surface area contributed by atoms with Gasteiger partial charge in [0.2, 0.25) is 11.9 Å². The van der Waals surface area contributed by atoms with Gasteiger partial charge >= 0.3 is 6.36 Å². The van der Waals surface area contributed by atoms with Crippen molar-refractivity contribution in [1.29, 1.82) is 0 Å². The van der Waals surface area contributed by atoms with Gasteiger partial charge in [-0.15, -0.1) is 13.2 Å². The van der Waals surface area contributed by atoms with Gasteiger partial charge in [-0.1, -0.05) is 20.8 Å². The van der Waals surface area contributed by atoms with E-state index in [1.165, 1.54) is 31.2 Å². The van der Waals surface area contributed by atoms with Crippen LogP contribution in [-0.2, 0) is 4.79 Å². The number of aromatic nitrogens is 2. The number of ether oxygens (including phenoxy) is 1. The lowest BCUT2D eigenvalue weighted by Gasteiger charge is -2.40. The molecule has 0 saturated heterocycles. The van der Waals surface area contributed by atoms with Crippen LogP contribution in [-0.4, -0.2) is 27.7 Å². The first-order valence-corrected chi connectivity index (χ1v) is 12.0. The van der Waals surface area contributed by atoms with Crippen LogP contribution in [0.1, 0.15) is 63.4 Å². The molecule has 1 heterocycles. The number of hydrogen-bond acceptors (Lipinski definition) is 5. The number of hydrazine groups is 1. The van der Waals surface area contributed by atoms with Crippen molar-refractivity contribution in [3.63, 3.8) is 0 Å². The fraction of sp³-hybridized carbons (Fsp3) is 0.423. The smallest absolute Gasteiger partial charge is 0.406 e. The lowest BCUT2D eigenvalue weighted by atomic mass is 9.70. The van der Waals surface area contributed by atoms with Gasteiger partial charge in [0.15, 0.2) is 0 Å². The summed E-state index contributed by atoms with van der Waals surface area (Å²) in [5.41, 5.74) is 6.99. The van der Waals surface area contributed by atoms with E-state index in [0.29, 0.717) is 28.6 Å². The summed E-state index contributed by atoms with van der Waals surface area (Å²) < 4.78 is 43.7. The van der Waals surface area contributed by atoms with Crippen LogP contribution in [0.3, 0.4) is 0 Å². The first kappa shape index (κ1) is 26.3. The maximum atomic E-state index is 12.5. The minimum Gasteiger partial charge on any atom is -0.406 e. The normalized spacial score (nSPS) is 19.3. The fourth-order valence-electron chi connectivity index (χ4n) is 5.28. The average Bonchev–Trinajstić information content (AvgIpc) is 3.13. The molecular weight excluding hydrogens is 487 g/mol. The van der Waals surface area contributed by atoms with Gasteiger partial charge in [-0.25, -0.2) is 4.98 Å². The van der Waals surface area contributed by atoms with E-state index in [2.05, 4.69) is 46.2 Å². The summed E-state index contributed by atoms with van der Waals surface area (Å²) in [5.74, 6) is -0.182. The maximum absolute atomic E-state index is 12.5. The maximum Gasteiger partial charge on any atom is 0.573 e. The molecule has 2 unspecified atom stereocenters. The number of rotatable bonds is 5. The molecular formula is C26H30F3N5O3. The Labute approximate surface area is 212 Å². The molecule has 1 aliphatic rings. The molecule has 2 atom stereocenters. The Kier molecular flexibility index (Phi) is 7.07. The molecule has 11 heteroatoms. The number of imidazole rings is 1. The van der Waals surface area contributed by atoms with E-state index in [1.807, 2.05) is 6.07 Å². The Balaban J connectivity index is 1.71. The fourth-order valence-corrected chi connectivity index (χ4v) is 5.28. The molecule has 2 amide bonds. The van der Waals surface area contributed by atoms with E-state index in [0.717, 1.165) is 24.8 Å². The predicted octanol–water partition coefficient (Wildman–Crippen LogP) is 5.85. The van der Waals surface area contributed by atoms with Crippen LogP contribution < -0.4 is 20.9 Å². The Hall–Kier alpha value is -3.76. The monoisotopic (exact) mass is 517 g/mol. The molecule has 8 nitrogen and oxygen atoms in total. The molecule has 1 aromatic heterocycles. The van der Waals surface area contributed by atoms with Gasteiger partial charge in [0.05, 0.1) is 11.0 Å². The van der Waals surface area contributed by atoms with E-state index in [-0.39, 0.29) is 17.2 Å². The summed E-state index contributed by atoms with van der Waals surface area (Å²) in [6.45, 7) is 8.00. The van der Waals surface area contributed by atoms with Gasteiger partial charge in [-0.05, 0) is 73.1 Å². The number of anilines is 2. The molecule has 1 fully saturated rings. The summed E-state index contributed by atoms with van der Waals surface area (Å²) in [5, 5.41) is 3.24. The number of hydrogen-bond donors (Lipinski definition) is 3. The molecule has 37 heavy (non-hydrogen) atoms. The summed E-state index contributed by atoms with van der Waals surface area (Å²) >= 11 is 0. The van der Waals surface area contributed by atoms with Gasteiger partial charge in [-0.3, -0.25) is 20.4 Å². The third kappa shape index (κ3) is 6.52. The quantitative estimate of drug-likeness (QED) is 0.369. The zero-order valence-corrected chi connectivity index (χ0v) is 21.1. The van der Waals surface area contributed by atoms with E-state index in [4.69, 9.17) is 4.98 Å². The Bertz CT molecular complexity index is 1300. The minimum atomic E-state index is -4.77. The van der Waals surface area contributed by atoms with Crippen molar-refractivity contribution in [2.24, 2.45) is 11.3 Å². The number of fused-ring (bicyclic) bond motifs is 1. The molecule has 2 aromatic carbocycles. The molecule has 0 aliphatic heterocycles. The van der Waals surface area contributed by atoms with Crippen LogP contribution in [0.25, 0.3) is 11.0 Å². The first-order valence-electron chi connectivity index (χ1n) is 12.0. The van der Waals surface area contributed by atoms with Gasteiger partial charge in [0, 0.05) is 24.2 Å². The molecule has 0 spiro atoms. The van der Waals surface area contributed by atoms with Crippen molar-refractivity contribution in [1.82, 2.24) is 20.4 Å². The van der Waals surface area contributed by atoms with Crippen LogP contribution in [0, 0.1) is 11.3 Å².